The molecule has 0 spiro atoms. The Balaban J connectivity index is 2.21. The van der Waals surface area contributed by atoms with Gasteiger partial charge in [0.15, 0.2) is 0 Å². The van der Waals surface area contributed by atoms with Gasteiger partial charge in [-0.1, -0.05) is 35.2 Å². The van der Waals surface area contributed by atoms with Crippen molar-refractivity contribution < 1.29 is 9.53 Å². The molecular formula is C15H21BrN2O2. The summed E-state index contributed by atoms with van der Waals surface area (Å²) in [7, 11) is 1.55. The Hall–Kier alpha value is -1.10. The SMILES string of the molecule is COc1ncccc1C(=O)N(CCBr)C1CCCCC1. The van der Waals surface area contributed by atoms with Crippen LogP contribution in [0.2, 0.25) is 0 Å². The van der Waals surface area contributed by atoms with Crippen molar-refractivity contribution in [2.75, 3.05) is 19.0 Å². The van der Waals surface area contributed by atoms with Crippen molar-refractivity contribution in [3.05, 3.63) is 23.9 Å². The van der Waals surface area contributed by atoms with E-state index in [0.29, 0.717) is 17.5 Å². The van der Waals surface area contributed by atoms with Gasteiger partial charge in [0, 0.05) is 24.1 Å². The number of hydrogen-bond acceptors (Lipinski definition) is 3. The van der Waals surface area contributed by atoms with Crippen molar-refractivity contribution in [1.82, 2.24) is 9.88 Å². The van der Waals surface area contributed by atoms with Crippen LogP contribution in [0, 0.1) is 0 Å². The molecule has 1 aromatic heterocycles. The second kappa shape index (κ2) is 7.62. The molecule has 0 saturated heterocycles. The lowest BCUT2D eigenvalue weighted by Crippen LogP contribution is -2.42. The number of alkyl halides is 1. The Kier molecular flexibility index (Phi) is 5.83. The third kappa shape index (κ3) is 3.51. The van der Waals surface area contributed by atoms with Gasteiger partial charge in [0.1, 0.15) is 5.56 Å². The van der Waals surface area contributed by atoms with Crippen molar-refractivity contribution >= 4 is 21.8 Å². The van der Waals surface area contributed by atoms with Crippen LogP contribution in [0.1, 0.15) is 42.5 Å². The summed E-state index contributed by atoms with van der Waals surface area (Å²) in [5, 5.41) is 0.790. The van der Waals surface area contributed by atoms with Crippen molar-refractivity contribution in [2.45, 2.75) is 38.1 Å². The molecule has 5 heteroatoms. The first-order valence-corrected chi connectivity index (χ1v) is 8.26. The number of hydrogen-bond donors (Lipinski definition) is 0. The van der Waals surface area contributed by atoms with Crippen LogP contribution in [0.3, 0.4) is 0 Å². The molecule has 1 saturated carbocycles. The van der Waals surface area contributed by atoms with Gasteiger partial charge in [0.2, 0.25) is 5.88 Å². The molecular weight excluding hydrogens is 320 g/mol. The molecule has 2 rings (SSSR count). The maximum Gasteiger partial charge on any atom is 0.259 e. The highest BCUT2D eigenvalue weighted by Gasteiger charge is 2.27. The van der Waals surface area contributed by atoms with Gasteiger partial charge >= 0.3 is 0 Å². The Morgan fingerprint density at radius 3 is 2.85 bits per heavy atom. The predicted molar refractivity (Wildman–Crippen MR) is 82.5 cm³/mol. The number of amides is 1. The van der Waals surface area contributed by atoms with Crippen molar-refractivity contribution in [3.63, 3.8) is 0 Å². The second-order valence-electron chi connectivity index (χ2n) is 5.04. The van der Waals surface area contributed by atoms with Gasteiger partial charge in [0.05, 0.1) is 7.11 Å². The van der Waals surface area contributed by atoms with Crippen LogP contribution in [0.25, 0.3) is 0 Å². The second-order valence-corrected chi connectivity index (χ2v) is 5.83. The van der Waals surface area contributed by atoms with E-state index in [1.807, 2.05) is 4.90 Å². The first-order chi connectivity index (χ1) is 9.77. The Morgan fingerprint density at radius 2 is 2.20 bits per heavy atom. The molecule has 1 fully saturated rings. The third-order valence-electron chi connectivity index (χ3n) is 3.80. The zero-order valence-corrected chi connectivity index (χ0v) is 13.4. The monoisotopic (exact) mass is 340 g/mol. The standard InChI is InChI=1S/C15H21BrN2O2/c1-20-14-13(8-5-10-17-14)15(19)18(11-9-16)12-6-3-2-4-7-12/h5,8,10,12H,2-4,6-7,9,11H2,1H3. The predicted octanol–water partition coefficient (Wildman–Crippen LogP) is 3.26. The Morgan fingerprint density at radius 1 is 1.45 bits per heavy atom. The van der Waals surface area contributed by atoms with Crippen LogP contribution in [0.15, 0.2) is 18.3 Å². The number of nitrogens with zero attached hydrogens (tertiary/aromatic N) is 2. The van der Waals surface area contributed by atoms with Gasteiger partial charge in [0.25, 0.3) is 5.91 Å². The van der Waals surface area contributed by atoms with Gasteiger partial charge in [-0.2, -0.15) is 0 Å². The van der Waals surface area contributed by atoms with E-state index < -0.39 is 0 Å². The summed E-state index contributed by atoms with van der Waals surface area (Å²) in [5.41, 5.74) is 0.557. The van der Waals surface area contributed by atoms with E-state index in [1.54, 1.807) is 25.4 Å². The number of carbonyl (C=O) groups is 1. The zero-order valence-electron chi connectivity index (χ0n) is 11.8. The zero-order chi connectivity index (χ0) is 14.4. The molecule has 0 aliphatic heterocycles. The van der Waals surface area contributed by atoms with E-state index in [2.05, 4.69) is 20.9 Å². The Bertz CT molecular complexity index is 447. The summed E-state index contributed by atoms with van der Waals surface area (Å²) in [5.74, 6) is 0.439. The number of pyridine rings is 1. The fraction of sp³-hybridized carbons (Fsp3) is 0.600. The lowest BCUT2D eigenvalue weighted by molar-refractivity contribution is 0.0647. The molecule has 0 bridgehead atoms. The molecule has 1 heterocycles. The molecule has 20 heavy (non-hydrogen) atoms. The van der Waals surface area contributed by atoms with Crippen LogP contribution in [-0.4, -0.2) is 40.8 Å². The molecule has 0 aromatic carbocycles. The van der Waals surface area contributed by atoms with E-state index in [0.717, 1.165) is 24.7 Å². The number of ether oxygens (including phenoxy) is 1. The number of carbonyl (C=O) groups excluding carboxylic acids is 1. The first-order valence-electron chi connectivity index (χ1n) is 7.14. The van der Waals surface area contributed by atoms with Crippen LogP contribution in [0.5, 0.6) is 5.88 Å². The summed E-state index contributed by atoms with van der Waals surface area (Å²) in [6.45, 7) is 0.724. The molecule has 4 nitrogen and oxygen atoms in total. The largest absolute Gasteiger partial charge is 0.480 e. The molecule has 1 aliphatic carbocycles. The average molecular weight is 341 g/mol. The molecule has 0 atom stereocenters. The van der Waals surface area contributed by atoms with E-state index in [9.17, 15) is 4.79 Å². The van der Waals surface area contributed by atoms with Gasteiger partial charge in [-0.05, 0) is 25.0 Å². The summed E-state index contributed by atoms with van der Waals surface area (Å²) < 4.78 is 5.21. The van der Waals surface area contributed by atoms with Gasteiger partial charge in [-0.15, -0.1) is 0 Å². The lowest BCUT2D eigenvalue weighted by Gasteiger charge is -2.34. The summed E-state index contributed by atoms with van der Waals surface area (Å²) in [6, 6.07) is 3.92. The highest BCUT2D eigenvalue weighted by molar-refractivity contribution is 9.09. The highest BCUT2D eigenvalue weighted by atomic mass is 79.9. The topological polar surface area (TPSA) is 42.4 Å². The third-order valence-corrected chi connectivity index (χ3v) is 4.15. The van der Waals surface area contributed by atoms with E-state index >= 15 is 0 Å². The molecule has 1 aliphatic rings. The fourth-order valence-corrected chi connectivity index (χ4v) is 3.19. The van der Waals surface area contributed by atoms with E-state index in [-0.39, 0.29) is 5.91 Å². The van der Waals surface area contributed by atoms with Crippen molar-refractivity contribution in [3.8, 4) is 5.88 Å². The quantitative estimate of drug-likeness (QED) is 0.772. The normalized spacial score (nSPS) is 15.9. The van der Waals surface area contributed by atoms with Crippen LogP contribution < -0.4 is 4.74 Å². The maximum atomic E-state index is 12.8. The lowest BCUT2D eigenvalue weighted by atomic mass is 9.94. The minimum absolute atomic E-state index is 0.0290. The van der Waals surface area contributed by atoms with Gasteiger partial charge < -0.3 is 9.64 Å². The van der Waals surface area contributed by atoms with Crippen molar-refractivity contribution in [1.29, 1.82) is 0 Å². The molecule has 0 unspecified atom stereocenters. The first kappa shape index (κ1) is 15.3. The summed E-state index contributed by atoms with van der Waals surface area (Å²) >= 11 is 3.45. The number of rotatable bonds is 5. The molecule has 1 amide bonds. The van der Waals surface area contributed by atoms with Gasteiger partial charge in [-0.25, -0.2) is 4.98 Å². The minimum Gasteiger partial charge on any atom is -0.480 e. The number of halogens is 1. The molecule has 0 N–H and O–H groups in total. The van der Waals surface area contributed by atoms with Crippen LogP contribution in [-0.2, 0) is 0 Å². The van der Waals surface area contributed by atoms with E-state index in [1.165, 1.54) is 19.3 Å². The van der Waals surface area contributed by atoms with Crippen molar-refractivity contribution in [2.24, 2.45) is 0 Å². The van der Waals surface area contributed by atoms with Gasteiger partial charge in [-0.3, -0.25) is 4.79 Å². The minimum atomic E-state index is 0.0290. The Labute approximate surface area is 128 Å². The fourth-order valence-electron chi connectivity index (χ4n) is 2.80. The average Bonchev–Trinajstić information content (AvgIpc) is 2.52. The smallest absolute Gasteiger partial charge is 0.259 e. The maximum absolute atomic E-state index is 12.8. The summed E-state index contributed by atoms with van der Waals surface area (Å²) in [6.07, 6.45) is 7.54. The van der Waals surface area contributed by atoms with Crippen LogP contribution in [0.4, 0.5) is 0 Å². The number of methoxy groups -OCH3 is 1. The highest BCUT2D eigenvalue weighted by Crippen LogP contribution is 2.25. The molecule has 110 valence electrons. The molecule has 1 aromatic rings. The summed E-state index contributed by atoms with van der Waals surface area (Å²) in [4.78, 5) is 18.9. The van der Waals surface area contributed by atoms with E-state index in [4.69, 9.17) is 4.74 Å². The van der Waals surface area contributed by atoms with Crippen LogP contribution >= 0.6 is 15.9 Å². The number of aromatic nitrogens is 1. The molecule has 0 radical (unpaired) electrons.